The van der Waals surface area contributed by atoms with E-state index >= 15 is 0 Å². The lowest BCUT2D eigenvalue weighted by Gasteiger charge is -2.11. The summed E-state index contributed by atoms with van der Waals surface area (Å²) in [5.74, 6) is 1.33. The molecule has 0 saturated heterocycles. The van der Waals surface area contributed by atoms with Gasteiger partial charge in [0.05, 0.1) is 17.4 Å². The van der Waals surface area contributed by atoms with Crippen LogP contribution in [0.5, 0.6) is 5.75 Å². The fourth-order valence-corrected chi connectivity index (χ4v) is 4.54. The molecule has 6 aromatic heterocycles. The maximum Gasteiger partial charge on any atom is 0.162 e. The van der Waals surface area contributed by atoms with Crippen LogP contribution in [0, 0.1) is 0 Å². The number of fused-ring (bicyclic) bond motifs is 2. The number of imidazole rings is 1. The Labute approximate surface area is 204 Å². The second-order valence-corrected chi connectivity index (χ2v) is 9.16. The molecule has 10 heteroatoms. The largest absolute Gasteiger partial charge is 0.491 e. The van der Waals surface area contributed by atoms with E-state index in [0.29, 0.717) is 29.5 Å². The normalized spacial score (nSPS) is 11.6. The van der Waals surface area contributed by atoms with Gasteiger partial charge in [0.25, 0.3) is 0 Å². The highest BCUT2D eigenvalue weighted by atomic mass is 32.1. The number of H-pyrrole nitrogens is 2. The summed E-state index contributed by atoms with van der Waals surface area (Å²) in [4.78, 5) is 24.0. The van der Waals surface area contributed by atoms with Crippen LogP contribution in [0.1, 0.15) is 0 Å². The van der Waals surface area contributed by atoms with Gasteiger partial charge < -0.3 is 14.6 Å². The van der Waals surface area contributed by atoms with Gasteiger partial charge in [0.15, 0.2) is 17.2 Å². The summed E-state index contributed by atoms with van der Waals surface area (Å²) in [7, 11) is 4.03. The van der Waals surface area contributed by atoms with Crippen molar-refractivity contribution < 1.29 is 4.74 Å². The van der Waals surface area contributed by atoms with Crippen LogP contribution in [0.15, 0.2) is 59.7 Å². The molecule has 0 unspecified atom stereocenters. The number of pyridine rings is 3. The highest BCUT2D eigenvalue weighted by Gasteiger charge is 2.17. The molecule has 9 nitrogen and oxygen atoms in total. The van der Waals surface area contributed by atoms with Gasteiger partial charge >= 0.3 is 0 Å². The SMILES string of the molecule is CN(C)CCOc1cncc(-c2ccc3[nH]nc(-c4nc5c(-c6ccsc6)ccnc5[nH]4)c3n2)c1. The van der Waals surface area contributed by atoms with Crippen LogP contribution in [0.2, 0.25) is 0 Å². The molecule has 2 N–H and O–H groups in total. The molecule has 0 aliphatic rings. The van der Waals surface area contributed by atoms with Crippen LogP contribution in [-0.4, -0.2) is 67.3 Å². The number of nitrogens with zero attached hydrogens (tertiary/aromatic N) is 6. The maximum absolute atomic E-state index is 5.85. The van der Waals surface area contributed by atoms with Crippen molar-refractivity contribution in [3.05, 3.63) is 59.7 Å². The quantitative estimate of drug-likeness (QED) is 0.342. The van der Waals surface area contributed by atoms with E-state index in [1.54, 1.807) is 29.9 Å². The van der Waals surface area contributed by atoms with Crippen molar-refractivity contribution in [2.24, 2.45) is 0 Å². The molecule has 6 aromatic rings. The molecule has 6 rings (SSSR count). The van der Waals surface area contributed by atoms with Gasteiger partial charge in [-0.1, -0.05) is 0 Å². The molecular weight excluding hydrogens is 460 g/mol. The summed E-state index contributed by atoms with van der Waals surface area (Å²) in [6, 6.07) is 9.92. The van der Waals surface area contributed by atoms with Gasteiger partial charge in [0.1, 0.15) is 23.4 Å². The zero-order valence-electron chi connectivity index (χ0n) is 19.2. The molecule has 35 heavy (non-hydrogen) atoms. The Morgan fingerprint density at radius 2 is 1.97 bits per heavy atom. The Balaban J connectivity index is 1.38. The Morgan fingerprint density at radius 1 is 1.03 bits per heavy atom. The van der Waals surface area contributed by atoms with E-state index in [-0.39, 0.29) is 0 Å². The van der Waals surface area contributed by atoms with Crippen LogP contribution >= 0.6 is 11.3 Å². The lowest BCUT2D eigenvalue weighted by molar-refractivity contribution is 0.261. The summed E-state index contributed by atoms with van der Waals surface area (Å²) in [5, 5.41) is 11.7. The fourth-order valence-electron chi connectivity index (χ4n) is 3.88. The lowest BCUT2D eigenvalue weighted by atomic mass is 10.1. The van der Waals surface area contributed by atoms with Crippen LogP contribution in [0.25, 0.3) is 56.1 Å². The fraction of sp³-hybridized carbons (Fsp3) is 0.160. The van der Waals surface area contributed by atoms with Gasteiger partial charge in [0, 0.05) is 30.1 Å². The Bertz CT molecular complexity index is 1620. The van der Waals surface area contributed by atoms with Crippen LogP contribution in [0.4, 0.5) is 0 Å². The van der Waals surface area contributed by atoms with Gasteiger partial charge in [-0.15, -0.1) is 0 Å². The number of aromatic amines is 2. The number of hydrogen-bond donors (Lipinski definition) is 2. The van der Waals surface area contributed by atoms with Crippen LogP contribution in [0.3, 0.4) is 0 Å². The smallest absolute Gasteiger partial charge is 0.162 e. The lowest BCUT2D eigenvalue weighted by Crippen LogP contribution is -2.19. The van der Waals surface area contributed by atoms with Gasteiger partial charge in [-0.2, -0.15) is 16.4 Å². The number of thiophene rings is 1. The minimum Gasteiger partial charge on any atom is -0.491 e. The summed E-state index contributed by atoms with van der Waals surface area (Å²) < 4.78 is 5.85. The van der Waals surface area contributed by atoms with Crippen LogP contribution in [-0.2, 0) is 0 Å². The Morgan fingerprint density at radius 3 is 2.83 bits per heavy atom. The van der Waals surface area contributed by atoms with Gasteiger partial charge in [-0.05, 0) is 60.8 Å². The first-order chi connectivity index (χ1) is 17.2. The van der Waals surface area contributed by atoms with Gasteiger partial charge in [-0.25, -0.2) is 15.0 Å². The minimum atomic E-state index is 0.587. The third-order valence-corrected chi connectivity index (χ3v) is 6.35. The third kappa shape index (κ3) is 4.13. The summed E-state index contributed by atoms with van der Waals surface area (Å²) in [6.45, 7) is 1.41. The van der Waals surface area contributed by atoms with E-state index in [9.17, 15) is 0 Å². The predicted molar refractivity (Wildman–Crippen MR) is 137 cm³/mol. The molecule has 0 aliphatic carbocycles. The molecule has 174 valence electrons. The average Bonchev–Trinajstić information content (AvgIpc) is 3.62. The third-order valence-electron chi connectivity index (χ3n) is 5.67. The van der Waals surface area contributed by atoms with E-state index in [1.807, 2.05) is 38.4 Å². The first-order valence-electron chi connectivity index (χ1n) is 11.1. The van der Waals surface area contributed by atoms with E-state index in [4.69, 9.17) is 14.7 Å². The summed E-state index contributed by atoms with van der Waals surface area (Å²) >= 11 is 1.65. The van der Waals surface area contributed by atoms with Crippen molar-refractivity contribution in [3.8, 4) is 39.7 Å². The molecular formula is C25H22N8OS. The Kier molecular flexibility index (Phi) is 5.44. The topological polar surface area (TPSA) is 109 Å². The number of ether oxygens (including phenoxy) is 1. The van der Waals surface area contributed by atoms with Crippen LogP contribution < -0.4 is 4.74 Å². The molecule has 0 atom stereocenters. The molecule has 6 heterocycles. The second kappa shape index (κ2) is 8.90. The van der Waals surface area contributed by atoms with Crippen molar-refractivity contribution in [2.75, 3.05) is 27.2 Å². The zero-order chi connectivity index (χ0) is 23.8. The average molecular weight is 483 g/mol. The highest BCUT2D eigenvalue weighted by molar-refractivity contribution is 7.08. The first-order valence-corrected chi connectivity index (χ1v) is 12.1. The number of aromatic nitrogens is 7. The molecule has 0 bridgehead atoms. The van der Waals surface area contributed by atoms with Crippen molar-refractivity contribution in [3.63, 3.8) is 0 Å². The Hall–Kier alpha value is -4.15. The number of likely N-dealkylation sites (N-methyl/N-ethyl adjacent to an activating group) is 1. The predicted octanol–water partition coefficient (Wildman–Crippen LogP) is 4.63. The minimum absolute atomic E-state index is 0.587. The number of nitrogens with one attached hydrogen (secondary N) is 2. The first kappa shape index (κ1) is 21.4. The molecule has 0 radical (unpaired) electrons. The summed E-state index contributed by atoms with van der Waals surface area (Å²) in [5.41, 5.74) is 7.49. The van der Waals surface area contributed by atoms with Gasteiger partial charge in [0.2, 0.25) is 0 Å². The van der Waals surface area contributed by atoms with Crippen molar-refractivity contribution >= 4 is 33.5 Å². The molecule has 0 aromatic carbocycles. The molecule has 0 aliphatic heterocycles. The van der Waals surface area contributed by atoms with E-state index in [1.165, 1.54) is 0 Å². The molecule has 0 amide bonds. The van der Waals surface area contributed by atoms with Crippen molar-refractivity contribution in [1.82, 2.24) is 40.0 Å². The molecule has 0 fully saturated rings. The van der Waals surface area contributed by atoms with Crippen molar-refractivity contribution in [2.45, 2.75) is 0 Å². The zero-order valence-corrected chi connectivity index (χ0v) is 20.0. The standard InChI is InChI=1S/C25H22N8OS/c1-33(2)8-9-34-17-11-16(12-26-13-17)19-3-4-20-22(28-19)23(32-31-20)25-29-21-18(15-6-10-35-14-15)5-7-27-24(21)30-25/h3-7,10-14H,8-9H2,1-2H3,(H,31,32)(H,27,29,30). The van der Waals surface area contributed by atoms with E-state index < -0.39 is 0 Å². The van der Waals surface area contributed by atoms with E-state index in [0.717, 1.165) is 45.5 Å². The highest BCUT2D eigenvalue weighted by Crippen LogP contribution is 2.32. The maximum atomic E-state index is 5.85. The summed E-state index contributed by atoms with van der Waals surface area (Å²) in [6.07, 6.45) is 5.29. The number of hydrogen-bond acceptors (Lipinski definition) is 8. The molecule has 0 saturated carbocycles. The van der Waals surface area contributed by atoms with Crippen molar-refractivity contribution in [1.29, 1.82) is 0 Å². The van der Waals surface area contributed by atoms with E-state index in [2.05, 4.69) is 46.9 Å². The number of rotatable bonds is 7. The second-order valence-electron chi connectivity index (χ2n) is 8.38. The monoisotopic (exact) mass is 482 g/mol. The molecule has 0 spiro atoms. The van der Waals surface area contributed by atoms with Gasteiger partial charge in [-0.3, -0.25) is 10.1 Å².